The quantitative estimate of drug-likeness (QED) is 0.891. The first-order chi connectivity index (χ1) is 11.7. The van der Waals surface area contributed by atoms with Gasteiger partial charge in [0.05, 0.1) is 0 Å². The van der Waals surface area contributed by atoms with Crippen LogP contribution in [0.5, 0.6) is 0 Å². The summed E-state index contributed by atoms with van der Waals surface area (Å²) in [6.45, 7) is 1.85. The number of aromatic nitrogens is 2. The maximum absolute atomic E-state index is 11.3. The van der Waals surface area contributed by atoms with Crippen LogP contribution in [0, 0.1) is 0 Å². The monoisotopic (exact) mass is 324 g/mol. The summed E-state index contributed by atoms with van der Waals surface area (Å²) in [7, 11) is 0. The molecule has 2 heterocycles. The molecule has 1 aliphatic heterocycles. The van der Waals surface area contributed by atoms with Crippen molar-refractivity contribution in [3.05, 3.63) is 41.6 Å². The van der Waals surface area contributed by atoms with Gasteiger partial charge in [-0.3, -0.25) is 4.79 Å². The Labute approximate surface area is 140 Å². The Bertz CT molecular complexity index is 763. The second-order valence-corrected chi connectivity index (χ2v) is 6.31. The van der Waals surface area contributed by atoms with E-state index in [1.165, 1.54) is 5.56 Å². The van der Waals surface area contributed by atoms with E-state index in [1.54, 1.807) is 0 Å². The topological polar surface area (TPSA) is 78.3 Å². The summed E-state index contributed by atoms with van der Waals surface area (Å²) in [6.07, 6.45) is 3.03. The van der Waals surface area contributed by atoms with Crippen molar-refractivity contribution in [1.82, 2.24) is 15.3 Å². The van der Waals surface area contributed by atoms with E-state index in [4.69, 9.17) is 9.97 Å². The maximum atomic E-state index is 11.3. The third-order valence-electron chi connectivity index (χ3n) is 4.72. The highest BCUT2D eigenvalue weighted by Gasteiger charge is 2.29. The van der Waals surface area contributed by atoms with Crippen LogP contribution >= 0.6 is 0 Å². The summed E-state index contributed by atoms with van der Waals surface area (Å²) >= 11 is 0. The van der Waals surface area contributed by atoms with Crippen molar-refractivity contribution in [2.45, 2.75) is 25.3 Å². The Kier molecular flexibility index (Phi) is 3.90. The zero-order valence-electron chi connectivity index (χ0n) is 13.4. The molecule has 0 unspecified atom stereocenters. The zero-order valence-corrected chi connectivity index (χ0v) is 13.4. The maximum Gasteiger partial charge on any atom is 0.322 e. The SMILES string of the molecule is O=C(O)[C@H]1CN(c2nc(-c3ccccc3)nc3c2CCC3)CCN1. The van der Waals surface area contributed by atoms with Crippen molar-refractivity contribution in [3.63, 3.8) is 0 Å². The number of hydrogen-bond donors (Lipinski definition) is 2. The number of hydrogen-bond acceptors (Lipinski definition) is 5. The molecular formula is C18H20N4O2. The fourth-order valence-corrected chi connectivity index (χ4v) is 3.50. The van der Waals surface area contributed by atoms with E-state index in [1.807, 2.05) is 30.3 Å². The van der Waals surface area contributed by atoms with Gasteiger partial charge in [-0.15, -0.1) is 0 Å². The van der Waals surface area contributed by atoms with E-state index in [2.05, 4.69) is 10.2 Å². The molecule has 6 nitrogen and oxygen atoms in total. The average Bonchev–Trinajstić information content (AvgIpc) is 3.10. The summed E-state index contributed by atoms with van der Waals surface area (Å²) in [5, 5.41) is 12.4. The number of anilines is 1. The molecule has 2 aliphatic rings. The van der Waals surface area contributed by atoms with Crippen molar-refractivity contribution < 1.29 is 9.90 Å². The number of rotatable bonds is 3. The van der Waals surface area contributed by atoms with Crippen molar-refractivity contribution in [2.75, 3.05) is 24.5 Å². The molecule has 1 saturated heterocycles. The molecule has 4 rings (SSSR count). The second-order valence-electron chi connectivity index (χ2n) is 6.31. The lowest BCUT2D eigenvalue weighted by atomic mass is 10.1. The first-order valence-electron chi connectivity index (χ1n) is 8.39. The third kappa shape index (κ3) is 2.73. The van der Waals surface area contributed by atoms with Crippen LogP contribution in [0.25, 0.3) is 11.4 Å². The third-order valence-corrected chi connectivity index (χ3v) is 4.72. The molecule has 124 valence electrons. The minimum absolute atomic E-state index is 0.438. The highest BCUT2D eigenvalue weighted by molar-refractivity contribution is 5.75. The molecular weight excluding hydrogens is 304 g/mol. The van der Waals surface area contributed by atoms with E-state index in [0.717, 1.165) is 48.7 Å². The molecule has 1 atom stereocenters. The molecule has 0 bridgehead atoms. The minimum Gasteiger partial charge on any atom is -0.480 e. The van der Waals surface area contributed by atoms with Crippen LogP contribution in [0.3, 0.4) is 0 Å². The molecule has 0 saturated carbocycles. The molecule has 1 aromatic carbocycles. The largest absolute Gasteiger partial charge is 0.480 e. The predicted octanol–water partition coefficient (Wildman–Crippen LogP) is 1.50. The lowest BCUT2D eigenvalue weighted by molar-refractivity contribution is -0.139. The lowest BCUT2D eigenvalue weighted by Crippen LogP contribution is -2.54. The normalized spacial score (nSPS) is 20.0. The van der Waals surface area contributed by atoms with Gasteiger partial charge in [-0.1, -0.05) is 30.3 Å². The van der Waals surface area contributed by atoms with Crippen LogP contribution in [-0.4, -0.2) is 46.7 Å². The summed E-state index contributed by atoms with van der Waals surface area (Å²) in [4.78, 5) is 23.0. The summed E-state index contributed by atoms with van der Waals surface area (Å²) in [5.41, 5.74) is 3.31. The van der Waals surface area contributed by atoms with Gasteiger partial charge in [-0.2, -0.15) is 0 Å². The molecule has 0 spiro atoms. The fourth-order valence-electron chi connectivity index (χ4n) is 3.50. The first-order valence-corrected chi connectivity index (χ1v) is 8.39. The molecule has 1 aliphatic carbocycles. The minimum atomic E-state index is -0.811. The lowest BCUT2D eigenvalue weighted by Gasteiger charge is -2.33. The molecule has 0 radical (unpaired) electrons. The number of benzene rings is 1. The summed E-state index contributed by atoms with van der Waals surface area (Å²) in [5.74, 6) is 0.842. The first kappa shape index (κ1) is 15.1. The fraction of sp³-hybridized carbons (Fsp3) is 0.389. The molecule has 1 fully saturated rings. The van der Waals surface area contributed by atoms with E-state index in [9.17, 15) is 9.90 Å². The van der Waals surface area contributed by atoms with Gasteiger partial charge < -0.3 is 15.3 Å². The molecule has 0 amide bonds. The van der Waals surface area contributed by atoms with E-state index in [-0.39, 0.29) is 0 Å². The Balaban J connectivity index is 1.74. The number of aryl methyl sites for hydroxylation is 1. The van der Waals surface area contributed by atoms with Gasteiger partial charge in [0.15, 0.2) is 5.82 Å². The Morgan fingerprint density at radius 1 is 1.21 bits per heavy atom. The van der Waals surface area contributed by atoms with Gasteiger partial charge in [0.25, 0.3) is 0 Å². The van der Waals surface area contributed by atoms with Crippen molar-refractivity contribution in [3.8, 4) is 11.4 Å². The van der Waals surface area contributed by atoms with Crippen molar-refractivity contribution in [2.24, 2.45) is 0 Å². The number of nitrogens with zero attached hydrogens (tertiary/aromatic N) is 3. The summed E-state index contributed by atoms with van der Waals surface area (Å²) in [6, 6.07) is 9.42. The van der Waals surface area contributed by atoms with Crippen molar-refractivity contribution in [1.29, 1.82) is 0 Å². The van der Waals surface area contributed by atoms with Crippen LogP contribution in [0.2, 0.25) is 0 Å². The summed E-state index contributed by atoms with van der Waals surface area (Å²) < 4.78 is 0. The van der Waals surface area contributed by atoms with Crippen molar-refractivity contribution >= 4 is 11.8 Å². The predicted molar refractivity (Wildman–Crippen MR) is 91.1 cm³/mol. The average molecular weight is 324 g/mol. The van der Waals surface area contributed by atoms with Crippen LogP contribution in [0.15, 0.2) is 30.3 Å². The number of piperazine rings is 1. The van der Waals surface area contributed by atoms with E-state index < -0.39 is 12.0 Å². The van der Waals surface area contributed by atoms with Crippen LogP contribution < -0.4 is 10.2 Å². The highest BCUT2D eigenvalue weighted by Crippen LogP contribution is 2.31. The number of aliphatic carboxylic acids is 1. The molecule has 2 aromatic rings. The van der Waals surface area contributed by atoms with Gasteiger partial charge in [0.1, 0.15) is 11.9 Å². The standard InChI is InChI=1S/C18H20N4O2/c23-18(24)15-11-22(10-9-19-15)17-13-7-4-8-14(13)20-16(21-17)12-5-2-1-3-6-12/h1-3,5-6,15,19H,4,7-11H2,(H,23,24)/t15-/m1/s1. The second kappa shape index (κ2) is 6.20. The van der Waals surface area contributed by atoms with Gasteiger partial charge in [-0.25, -0.2) is 9.97 Å². The van der Waals surface area contributed by atoms with E-state index >= 15 is 0 Å². The Morgan fingerprint density at radius 2 is 2.04 bits per heavy atom. The van der Waals surface area contributed by atoms with Crippen LogP contribution in [0.4, 0.5) is 5.82 Å². The number of carbonyl (C=O) groups is 1. The Morgan fingerprint density at radius 3 is 2.83 bits per heavy atom. The van der Waals surface area contributed by atoms with E-state index in [0.29, 0.717) is 13.1 Å². The number of nitrogens with one attached hydrogen (secondary N) is 1. The number of fused-ring (bicyclic) bond motifs is 1. The highest BCUT2D eigenvalue weighted by atomic mass is 16.4. The smallest absolute Gasteiger partial charge is 0.322 e. The molecule has 1 aromatic heterocycles. The number of carboxylic acid groups (broad SMARTS) is 1. The molecule has 2 N–H and O–H groups in total. The number of carboxylic acids is 1. The molecule has 6 heteroatoms. The Hall–Kier alpha value is -2.47. The van der Waals surface area contributed by atoms with Gasteiger partial charge >= 0.3 is 5.97 Å². The molecule has 24 heavy (non-hydrogen) atoms. The van der Waals surface area contributed by atoms with Crippen LogP contribution in [-0.2, 0) is 17.6 Å². The van der Waals surface area contributed by atoms with Gasteiger partial charge in [0.2, 0.25) is 0 Å². The van der Waals surface area contributed by atoms with Crippen LogP contribution in [0.1, 0.15) is 17.7 Å². The van der Waals surface area contributed by atoms with Gasteiger partial charge in [0, 0.05) is 36.5 Å². The zero-order chi connectivity index (χ0) is 16.5. The van der Waals surface area contributed by atoms with Gasteiger partial charge in [-0.05, 0) is 19.3 Å².